The summed E-state index contributed by atoms with van der Waals surface area (Å²) in [6.45, 7) is 15.2. The van der Waals surface area contributed by atoms with Crippen LogP contribution in [0.15, 0.2) is 51.2 Å². The third-order valence-corrected chi connectivity index (χ3v) is 15.6. The maximum atomic E-state index is 15.0. The van der Waals surface area contributed by atoms with E-state index in [4.69, 9.17) is 14.2 Å². The number of carboxylic acids is 3. The maximum Gasteiger partial charge on any atom is 0.341 e. The minimum absolute atomic E-state index is 0.0434. The van der Waals surface area contributed by atoms with E-state index in [1.807, 2.05) is 56.6 Å². The number of rotatable bonds is 6. The number of benzene rings is 3. The number of pyridine rings is 3. The Morgan fingerprint density at radius 1 is 0.436 bits per heavy atom. The lowest BCUT2D eigenvalue weighted by Crippen LogP contribution is -2.45. The van der Waals surface area contributed by atoms with Gasteiger partial charge in [-0.1, -0.05) is 0 Å². The van der Waals surface area contributed by atoms with Gasteiger partial charge in [-0.25, -0.2) is 27.6 Å². The van der Waals surface area contributed by atoms with Crippen molar-refractivity contribution in [3.8, 4) is 17.2 Å². The Morgan fingerprint density at radius 3 is 0.885 bits per heavy atom. The number of halogens is 3. The summed E-state index contributed by atoms with van der Waals surface area (Å²) >= 11 is 0. The summed E-state index contributed by atoms with van der Waals surface area (Å²) in [5.41, 5.74) is -0.671. The van der Waals surface area contributed by atoms with Gasteiger partial charge < -0.3 is 72.6 Å². The first-order chi connectivity index (χ1) is 37.1. The summed E-state index contributed by atoms with van der Waals surface area (Å²) in [5, 5.41) is 28.1. The van der Waals surface area contributed by atoms with Crippen LogP contribution < -0.4 is 45.2 Å². The van der Waals surface area contributed by atoms with Crippen LogP contribution >= 0.6 is 0 Å². The second kappa shape index (κ2) is 20.8. The summed E-state index contributed by atoms with van der Waals surface area (Å²) in [4.78, 5) is 84.3. The van der Waals surface area contributed by atoms with Crippen LogP contribution in [0.5, 0.6) is 17.2 Å². The highest BCUT2D eigenvalue weighted by molar-refractivity contribution is 6.00. The second-order valence-electron chi connectivity index (χ2n) is 20.9. The molecule has 3 saturated heterocycles. The third-order valence-electron chi connectivity index (χ3n) is 15.6. The molecule has 6 aromatic rings. The second-order valence-corrected chi connectivity index (χ2v) is 20.9. The van der Waals surface area contributed by atoms with E-state index in [1.165, 1.54) is 18.6 Å². The Balaban J connectivity index is 0.000000132. The van der Waals surface area contributed by atoms with Crippen LogP contribution in [-0.4, -0.2) is 181 Å². The van der Waals surface area contributed by atoms with E-state index in [0.717, 1.165) is 57.5 Å². The average Bonchev–Trinajstić information content (AvgIpc) is 3.30. The Hall–Kier alpha value is -7.83. The predicted octanol–water partition coefficient (Wildman–Crippen LogP) is 4.63. The number of piperazine rings is 3. The van der Waals surface area contributed by atoms with Crippen molar-refractivity contribution in [1.29, 1.82) is 0 Å². The molecule has 0 bridgehead atoms. The molecule has 3 atom stereocenters. The average molecular weight is 1080 g/mol. The van der Waals surface area contributed by atoms with Crippen LogP contribution in [0, 0.1) is 17.5 Å². The summed E-state index contributed by atoms with van der Waals surface area (Å²) in [5.74, 6) is -4.63. The molecule has 3 unspecified atom stereocenters. The first-order valence-electron chi connectivity index (χ1n) is 25.8. The number of aromatic carboxylic acids is 3. The van der Waals surface area contributed by atoms with E-state index in [-0.39, 0.29) is 70.8 Å². The molecule has 414 valence electrons. The molecule has 0 radical (unpaired) electrons. The van der Waals surface area contributed by atoms with Gasteiger partial charge in [-0.05, 0) is 60.1 Å². The molecule has 78 heavy (non-hydrogen) atoms. The van der Waals surface area contributed by atoms with Crippen molar-refractivity contribution in [3.63, 3.8) is 0 Å². The van der Waals surface area contributed by atoms with Crippen molar-refractivity contribution in [2.75, 3.05) is 134 Å². The van der Waals surface area contributed by atoms with E-state index < -0.39 is 51.6 Å². The zero-order valence-electron chi connectivity index (χ0n) is 44.0. The monoisotopic (exact) mass is 1080 g/mol. The van der Waals surface area contributed by atoms with Gasteiger partial charge in [0.1, 0.15) is 53.6 Å². The predicted molar refractivity (Wildman–Crippen MR) is 285 cm³/mol. The summed E-state index contributed by atoms with van der Waals surface area (Å²) in [7, 11) is 6.05. The zero-order chi connectivity index (χ0) is 55.8. The van der Waals surface area contributed by atoms with Gasteiger partial charge in [-0.15, -0.1) is 0 Å². The normalized spacial score (nSPS) is 20.3. The van der Waals surface area contributed by atoms with E-state index in [9.17, 15) is 57.3 Å². The molecular weight excluding hydrogens is 1020 g/mol. The van der Waals surface area contributed by atoms with Crippen molar-refractivity contribution in [3.05, 3.63) is 102 Å². The van der Waals surface area contributed by atoms with E-state index >= 15 is 0 Å². The van der Waals surface area contributed by atoms with Gasteiger partial charge in [0.25, 0.3) is 0 Å². The molecule has 0 amide bonds. The molecule has 0 aliphatic carbocycles. The highest BCUT2D eigenvalue weighted by Crippen LogP contribution is 2.45. The largest absolute Gasteiger partial charge is 0.487 e. The fraction of sp³-hybridized carbons (Fsp3) is 0.444. The van der Waals surface area contributed by atoms with Crippen LogP contribution in [0.1, 0.15) is 70.0 Å². The molecule has 0 saturated carbocycles. The van der Waals surface area contributed by atoms with E-state index in [0.29, 0.717) is 90.1 Å². The number of carbonyl (C=O) groups is 3. The standard InChI is InChI=1S/3C18H20FN3O4/c3*1-10-9-26-17-14-11(16(23)12(18(24)25)8-22(10)14)7-13(19)15(17)21-5-3-20(2)4-6-21/h3*7-8,10H,3-6,9H2,1-2H3,(H,24,25). The molecule has 0 spiro atoms. The number of carboxylic acid groups (broad SMARTS) is 3. The molecule has 21 nitrogen and oxygen atoms in total. The number of hydrogen-bond donors (Lipinski definition) is 3. The Labute approximate surface area is 443 Å². The van der Waals surface area contributed by atoms with E-state index in [2.05, 4.69) is 14.7 Å². The van der Waals surface area contributed by atoms with Crippen LogP contribution in [0.3, 0.4) is 0 Å². The van der Waals surface area contributed by atoms with Crippen LogP contribution in [0.4, 0.5) is 30.2 Å². The van der Waals surface area contributed by atoms with Crippen LogP contribution in [0.2, 0.25) is 0 Å². The number of likely N-dealkylation sites (N-methyl/N-ethyl adjacent to an activating group) is 3. The molecule has 3 aromatic carbocycles. The highest BCUT2D eigenvalue weighted by atomic mass is 19.1. The molecular formula is C54H60F3N9O12. The molecule has 24 heteroatoms. The van der Waals surface area contributed by atoms with E-state index in [1.54, 1.807) is 13.7 Å². The highest BCUT2D eigenvalue weighted by Gasteiger charge is 2.35. The zero-order valence-corrected chi connectivity index (χ0v) is 44.0. The number of nitrogens with zero attached hydrogens (tertiary/aromatic N) is 9. The Kier molecular flexibility index (Phi) is 14.3. The fourth-order valence-corrected chi connectivity index (χ4v) is 11.1. The summed E-state index contributed by atoms with van der Waals surface area (Å²) in [6, 6.07) is 2.98. The molecule has 9 heterocycles. The Bertz CT molecular complexity index is 3260. The molecule has 12 rings (SSSR count). The summed E-state index contributed by atoms with van der Waals surface area (Å²) in [6.07, 6.45) is 4.03. The lowest BCUT2D eigenvalue weighted by molar-refractivity contribution is 0.0683. The molecule has 6 aliphatic rings. The third kappa shape index (κ3) is 9.37. The molecule has 3 fully saturated rings. The minimum atomic E-state index is -1.32. The van der Waals surface area contributed by atoms with Crippen LogP contribution in [-0.2, 0) is 0 Å². The minimum Gasteiger partial charge on any atom is -0.487 e. The quantitative estimate of drug-likeness (QED) is 0.207. The number of anilines is 3. The topological polar surface area (TPSA) is 225 Å². The van der Waals surface area contributed by atoms with Gasteiger partial charge in [0.2, 0.25) is 16.3 Å². The van der Waals surface area contributed by atoms with Gasteiger partial charge in [-0.2, -0.15) is 0 Å². The van der Waals surface area contributed by atoms with Gasteiger partial charge in [0, 0.05) is 97.1 Å². The number of hydrogen-bond acceptors (Lipinski definition) is 15. The van der Waals surface area contributed by atoms with Crippen molar-refractivity contribution in [1.82, 2.24) is 28.4 Å². The molecule has 3 N–H and O–H groups in total. The summed E-state index contributed by atoms with van der Waals surface area (Å²) < 4.78 is 67.7. The Morgan fingerprint density at radius 2 is 0.667 bits per heavy atom. The SMILES string of the molecule is CC1COc2c(N3CCN(C)CC3)c(F)cc3c(=O)c(C(=O)O)cn1c23.CC1COc2c(N3CCN(C)CC3)c(F)cc3c(=O)c(C(=O)O)cn1c23.CC1COc2c(N3CCN(C)CC3)c(F)cc3c(=O)c(C(=O)O)cn1c23. The van der Waals surface area contributed by atoms with Crippen molar-refractivity contribution in [2.24, 2.45) is 0 Å². The van der Waals surface area contributed by atoms with Gasteiger partial charge in [-0.3, -0.25) is 14.4 Å². The first-order valence-corrected chi connectivity index (χ1v) is 25.8. The van der Waals surface area contributed by atoms with Crippen LogP contribution in [0.25, 0.3) is 32.7 Å². The number of ether oxygens (including phenoxy) is 3. The van der Waals surface area contributed by atoms with Crippen molar-refractivity contribution in [2.45, 2.75) is 38.9 Å². The lowest BCUT2D eigenvalue weighted by atomic mass is 10.1. The number of aromatic nitrogens is 3. The molecule has 6 aliphatic heterocycles. The molecule has 3 aromatic heterocycles. The maximum absolute atomic E-state index is 15.0. The van der Waals surface area contributed by atoms with Gasteiger partial charge >= 0.3 is 17.9 Å². The lowest BCUT2D eigenvalue weighted by Gasteiger charge is -2.37. The van der Waals surface area contributed by atoms with Crippen molar-refractivity contribution < 1.29 is 57.1 Å². The fourth-order valence-electron chi connectivity index (χ4n) is 11.1. The van der Waals surface area contributed by atoms with Gasteiger partial charge in [0.05, 0.1) is 50.8 Å². The smallest absolute Gasteiger partial charge is 0.341 e. The first kappa shape index (κ1) is 53.6. The van der Waals surface area contributed by atoms with Gasteiger partial charge in [0.15, 0.2) is 34.7 Å². The van der Waals surface area contributed by atoms with Crippen molar-refractivity contribution >= 4 is 67.7 Å².